The molecule has 1 N–H and O–H groups in total. The molecule has 3 rings (SSSR count). The number of para-hydroxylation sites is 1. The van der Waals surface area contributed by atoms with Crippen LogP contribution in [0.25, 0.3) is 0 Å². The van der Waals surface area contributed by atoms with E-state index in [1.54, 1.807) is 12.1 Å². The summed E-state index contributed by atoms with van der Waals surface area (Å²) in [5.41, 5.74) is 1.86. The lowest BCUT2D eigenvalue weighted by atomic mass is 10.1. The van der Waals surface area contributed by atoms with Crippen LogP contribution in [0.2, 0.25) is 0 Å². The van der Waals surface area contributed by atoms with Gasteiger partial charge in [0.2, 0.25) is 0 Å². The van der Waals surface area contributed by atoms with Gasteiger partial charge >= 0.3 is 0 Å². The molecule has 150 valence electrons. The number of halogens is 1. The number of ether oxygens (including phenoxy) is 1. The van der Waals surface area contributed by atoms with Gasteiger partial charge in [0.25, 0.3) is 0 Å². The third-order valence-corrected chi connectivity index (χ3v) is 5.21. The second-order valence-electron chi connectivity index (χ2n) is 7.17. The molecule has 0 aliphatic carbocycles. The fraction of sp³-hybridized carbons (Fsp3) is 0.391. The van der Waals surface area contributed by atoms with Crippen molar-refractivity contribution >= 4 is 0 Å². The Kier molecular flexibility index (Phi) is 7.60. The fourth-order valence-corrected chi connectivity index (χ4v) is 3.74. The van der Waals surface area contributed by atoms with E-state index >= 15 is 0 Å². The van der Waals surface area contributed by atoms with Gasteiger partial charge in [-0.15, -0.1) is 0 Å². The number of piperazine rings is 1. The average molecular weight is 384 g/mol. The van der Waals surface area contributed by atoms with E-state index in [9.17, 15) is 9.50 Å². The number of rotatable bonds is 9. The van der Waals surface area contributed by atoms with Crippen molar-refractivity contribution in [2.45, 2.75) is 25.6 Å². The van der Waals surface area contributed by atoms with Gasteiger partial charge in [-0.1, -0.05) is 49.1 Å². The molecule has 1 atom stereocenters. The summed E-state index contributed by atoms with van der Waals surface area (Å²) < 4.78 is 19.8. The van der Waals surface area contributed by atoms with Crippen molar-refractivity contribution in [3.05, 3.63) is 78.1 Å². The van der Waals surface area contributed by atoms with E-state index in [0.29, 0.717) is 25.1 Å². The maximum Gasteiger partial charge on any atom is 0.127 e. The Labute approximate surface area is 166 Å². The molecule has 1 aliphatic rings. The molecule has 0 aromatic heterocycles. The highest BCUT2D eigenvalue weighted by molar-refractivity contribution is 5.33. The van der Waals surface area contributed by atoms with E-state index in [1.807, 2.05) is 30.3 Å². The largest absolute Gasteiger partial charge is 0.489 e. The minimum atomic E-state index is -0.166. The number of aliphatic hydroxyl groups is 1. The average Bonchev–Trinajstić information content (AvgIpc) is 2.71. The van der Waals surface area contributed by atoms with Gasteiger partial charge in [0.05, 0.1) is 0 Å². The topological polar surface area (TPSA) is 35.9 Å². The first kappa shape index (κ1) is 20.5. The predicted molar refractivity (Wildman–Crippen MR) is 110 cm³/mol. The van der Waals surface area contributed by atoms with Gasteiger partial charge in [-0.05, 0) is 18.6 Å². The van der Waals surface area contributed by atoms with E-state index in [2.05, 4.69) is 22.4 Å². The molecular formula is C23H29FN2O2. The maximum absolute atomic E-state index is 14.1. The van der Waals surface area contributed by atoms with Gasteiger partial charge < -0.3 is 9.84 Å². The number of benzene rings is 2. The second kappa shape index (κ2) is 10.4. The molecule has 0 unspecified atom stereocenters. The molecule has 1 heterocycles. The van der Waals surface area contributed by atoms with Crippen molar-refractivity contribution in [2.24, 2.45) is 0 Å². The van der Waals surface area contributed by atoms with Crippen molar-refractivity contribution < 1.29 is 14.2 Å². The van der Waals surface area contributed by atoms with Gasteiger partial charge in [0.15, 0.2) is 0 Å². The molecule has 0 radical (unpaired) electrons. The van der Waals surface area contributed by atoms with E-state index in [0.717, 1.165) is 37.5 Å². The quantitative estimate of drug-likeness (QED) is 0.672. The lowest BCUT2D eigenvalue weighted by Crippen LogP contribution is -2.52. The third kappa shape index (κ3) is 5.41. The van der Waals surface area contributed by atoms with Gasteiger partial charge in [0.1, 0.15) is 18.2 Å². The highest BCUT2D eigenvalue weighted by Crippen LogP contribution is 2.23. The second-order valence-corrected chi connectivity index (χ2v) is 7.17. The molecule has 28 heavy (non-hydrogen) atoms. The zero-order valence-corrected chi connectivity index (χ0v) is 16.3. The minimum Gasteiger partial charge on any atom is -0.489 e. The summed E-state index contributed by atoms with van der Waals surface area (Å²) in [6.07, 6.45) is 2.43. The van der Waals surface area contributed by atoms with Crippen LogP contribution in [0.3, 0.4) is 0 Å². The minimum absolute atomic E-state index is 0.130. The molecule has 0 spiro atoms. The molecule has 1 aliphatic heterocycles. The van der Waals surface area contributed by atoms with E-state index in [1.165, 1.54) is 6.07 Å². The Balaban J connectivity index is 1.66. The Morgan fingerprint density at radius 2 is 1.82 bits per heavy atom. The summed E-state index contributed by atoms with van der Waals surface area (Å²) in [6.45, 7) is 8.27. The van der Waals surface area contributed by atoms with Crippen LogP contribution in [0.1, 0.15) is 17.5 Å². The highest BCUT2D eigenvalue weighted by Gasteiger charge is 2.27. The number of hydrogen-bond donors (Lipinski definition) is 1. The van der Waals surface area contributed by atoms with Gasteiger partial charge in [-0.3, -0.25) is 9.80 Å². The maximum atomic E-state index is 14.1. The monoisotopic (exact) mass is 384 g/mol. The fourth-order valence-electron chi connectivity index (χ4n) is 3.74. The van der Waals surface area contributed by atoms with Crippen LogP contribution >= 0.6 is 0 Å². The summed E-state index contributed by atoms with van der Waals surface area (Å²) in [7, 11) is 0. The number of aliphatic hydroxyl groups excluding tert-OH is 1. The zero-order valence-electron chi connectivity index (χ0n) is 16.3. The van der Waals surface area contributed by atoms with Gasteiger partial charge in [-0.25, -0.2) is 4.39 Å². The van der Waals surface area contributed by atoms with Gasteiger partial charge in [0, 0.05) is 56.5 Å². The molecule has 0 saturated carbocycles. The first-order valence-electron chi connectivity index (χ1n) is 9.83. The molecule has 2 aromatic rings. The Bertz CT molecular complexity index is 768. The summed E-state index contributed by atoms with van der Waals surface area (Å²) in [5, 5.41) is 9.53. The summed E-state index contributed by atoms with van der Waals surface area (Å²) in [4.78, 5) is 4.67. The summed E-state index contributed by atoms with van der Waals surface area (Å²) in [6, 6.07) is 15.2. The van der Waals surface area contributed by atoms with Crippen LogP contribution in [0.15, 0.2) is 61.2 Å². The standard InChI is InChI=1S/C23H29FN2O2/c1-2-15-28-23-10-6-4-8-20(23)16-25-12-13-26(21(18-25)11-14-27)17-19-7-3-5-9-22(19)24/h2-10,21,27H,1,11-18H2/t21-/m1/s1. The Morgan fingerprint density at radius 3 is 2.57 bits per heavy atom. The predicted octanol–water partition coefficient (Wildman–Crippen LogP) is 3.46. The lowest BCUT2D eigenvalue weighted by Gasteiger charge is -2.41. The number of nitrogens with zero attached hydrogens (tertiary/aromatic N) is 2. The normalized spacial score (nSPS) is 18.1. The molecule has 4 nitrogen and oxygen atoms in total. The molecular weight excluding hydrogens is 355 g/mol. The molecule has 1 saturated heterocycles. The Morgan fingerprint density at radius 1 is 1.07 bits per heavy atom. The van der Waals surface area contributed by atoms with Crippen LogP contribution in [0, 0.1) is 5.82 Å². The van der Waals surface area contributed by atoms with Crippen molar-refractivity contribution in [1.29, 1.82) is 0 Å². The lowest BCUT2D eigenvalue weighted by molar-refractivity contribution is 0.0489. The van der Waals surface area contributed by atoms with Crippen LogP contribution in [0.4, 0.5) is 4.39 Å². The SMILES string of the molecule is C=CCOc1ccccc1CN1CCN(Cc2ccccc2F)[C@H](CCO)C1. The van der Waals surface area contributed by atoms with Crippen molar-refractivity contribution in [1.82, 2.24) is 9.80 Å². The first-order chi connectivity index (χ1) is 13.7. The molecule has 1 fully saturated rings. The first-order valence-corrected chi connectivity index (χ1v) is 9.83. The van der Waals surface area contributed by atoms with Crippen LogP contribution in [-0.2, 0) is 13.1 Å². The van der Waals surface area contributed by atoms with Crippen LogP contribution in [0.5, 0.6) is 5.75 Å². The van der Waals surface area contributed by atoms with E-state index < -0.39 is 0 Å². The molecule has 0 amide bonds. The van der Waals surface area contributed by atoms with Crippen LogP contribution < -0.4 is 4.74 Å². The highest BCUT2D eigenvalue weighted by atomic mass is 19.1. The smallest absolute Gasteiger partial charge is 0.127 e. The third-order valence-electron chi connectivity index (χ3n) is 5.21. The Hall–Kier alpha value is -2.21. The van der Waals surface area contributed by atoms with E-state index in [4.69, 9.17) is 4.74 Å². The van der Waals surface area contributed by atoms with Crippen LogP contribution in [-0.4, -0.2) is 53.8 Å². The van der Waals surface area contributed by atoms with Crippen molar-refractivity contribution in [3.63, 3.8) is 0 Å². The summed E-state index contributed by atoms with van der Waals surface area (Å²) in [5.74, 6) is 0.718. The van der Waals surface area contributed by atoms with Gasteiger partial charge in [-0.2, -0.15) is 0 Å². The van der Waals surface area contributed by atoms with Crippen molar-refractivity contribution in [3.8, 4) is 5.75 Å². The zero-order chi connectivity index (χ0) is 19.8. The molecule has 0 bridgehead atoms. The van der Waals surface area contributed by atoms with E-state index in [-0.39, 0.29) is 18.5 Å². The van der Waals surface area contributed by atoms with Crippen molar-refractivity contribution in [2.75, 3.05) is 32.8 Å². The molecule has 5 heteroatoms. The molecule has 2 aromatic carbocycles. The number of hydrogen-bond acceptors (Lipinski definition) is 4. The summed E-state index contributed by atoms with van der Waals surface area (Å²) >= 11 is 0.